The van der Waals surface area contributed by atoms with Crippen LogP contribution in [-0.2, 0) is 27.5 Å². The minimum atomic E-state index is -1.17. The Kier molecular flexibility index (Phi) is 5.71. The standard InChI is InChI=1S/C17H17NO5/c19-12-18(23-11-14-4-2-1-3-5-14)16(17(21)22)10-13-6-8-15(20)9-7-13/h1-9,12,16,20H,10-11H2,(H,21,22)/t16-/m0/s1. The van der Waals surface area contributed by atoms with Gasteiger partial charge >= 0.3 is 5.97 Å². The van der Waals surface area contributed by atoms with Crippen LogP contribution in [0.3, 0.4) is 0 Å². The summed E-state index contributed by atoms with van der Waals surface area (Å²) in [7, 11) is 0. The van der Waals surface area contributed by atoms with Crippen LogP contribution >= 0.6 is 0 Å². The Balaban J connectivity index is 2.05. The first-order chi connectivity index (χ1) is 11.1. The van der Waals surface area contributed by atoms with Gasteiger partial charge in [0.2, 0.25) is 6.41 Å². The average Bonchev–Trinajstić information content (AvgIpc) is 2.56. The molecule has 0 bridgehead atoms. The van der Waals surface area contributed by atoms with Gasteiger partial charge in [0.1, 0.15) is 12.4 Å². The van der Waals surface area contributed by atoms with Crippen LogP contribution in [0.25, 0.3) is 0 Å². The highest BCUT2D eigenvalue weighted by molar-refractivity contribution is 5.76. The van der Waals surface area contributed by atoms with Crippen LogP contribution in [0.5, 0.6) is 5.75 Å². The number of phenols is 1. The lowest BCUT2D eigenvalue weighted by Gasteiger charge is -2.24. The Morgan fingerprint density at radius 1 is 1.09 bits per heavy atom. The molecule has 120 valence electrons. The Morgan fingerprint density at radius 2 is 1.74 bits per heavy atom. The summed E-state index contributed by atoms with van der Waals surface area (Å²) < 4.78 is 0. The number of hydrogen-bond donors (Lipinski definition) is 2. The van der Waals surface area contributed by atoms with E-state index in [4.69, 9.17) is 4.84 Å². The van der Waals surface area contributed by atoms with Crippen LogP contribution < -0.4 is 0 Å². The van der Waals surface area contributed by atoms with E-state index in [9.17, 15) is 19.8 Å². The number of carboxylic acid groups (broad SMARTS) is 1. The van der Waals surface area contributed by atoms with E-state index in [0.717, 1.165) is 10.6 Å². The van der Waals surface area contributed by atoms with Crippen molar-refractivity contribution in [2.24, 2.45) is 0 Å². The second kappa shape index (κ2) is 7.95. The summed E-state index contributed by atoms with van der Waals surface area (Å²) in [6, 6.07) is 14.1. The summed E-state index contributed by atoms with van der Waals surface area (Å²) in [5.74, 6) is -1.08. The number of benzene rings is 2. The van der Waals surface area contributed by atoms with Gasteiger partial charge in [0.05, 0.1) is 0 Å². The monoisotopic (exact) mass is 315 g/mol. The molecule has 2 N–H and O–H groups in total. The number of phenolic OH excluding ortho intramolecular Hbond substituents is 1. The van der Waals surface area contributed by atoms with Gasteiger partial charge in [-0.15, -0.1) is 0 Å². The van der Waals surface area contributed by atoms with Gasteiger partial charge < -0.3 is 10.2 Å². The fourth-order valence-electron chi connectivity index (χ4n) is 2.06. The first kappa shape index (κ1) is 16.5. The van der Waals surface area contributed by atoms with Crippen LogP contribution in [0.15, 0.2) is 54.6 Å². The molecular formula is C17H17NO5. The number of carboxylic acids is 1. The van der Waals surface area contributed by atoms with Crippen LogP contribution in [0.4, 0.5) is 0 Å². The van der Waals surface area contributed by atoms with Gasteiger partial charge in [0, 0.05) is 6.42 Å². The quantitative estimate of drug-likeness (QED) is 0.574. The summed E-state index contributed by atoms with van der Waals surface area (Å²) in [5.41, 5.74) is 1.50. The molecule has 0 heterocycles. The molecular weight excluding hydrogens is 298 g/mol. The molecule has 2 aromatic rings. The van der Waals surface area contributed by atoms with Crippen molar-refractivity contribution < 1.29 is 24.6 Å². The highest BCUT2D eigenvalue weighted by atomic mass is 16.7. The molecule has 0 fully saturated rings. The first-order valence-corrected chi connectivity index (χ1v) is 7.01. The predicted octanol–water partition coefficient (Wildman–Crippen LogP) is 1.98. The largest absolute Gasteiger partial charge is 0.508 e. The van der Waals surface area contributed by atoms with Crippen molar-refractivity contribution in [3.8, 4) is 5.75 Å². The van der Waals surface area contributed by atoms with E-state index < -0.39 is 12.0 Å². The number of nitrogens with zero attached hydrogens (tertiary/aromatic N) is 1. The minimum Gasteiger partial charge on any atom is -0.508 e. The van der Waals surface area contributed by atoms with Gasteiger partial charge in [-0.25, -0.2) is 9.86 Å². The van der Waals surface area contributed by atoms with Crippen molar-refractivity contribution in [2.45, 2.75) is 19.1 Å². The second-order valence-electron chi connectivity index (χ2n) is 4.95. The van der Waals surface area contributed by atoms with E-state index in [0.29, 0.717) is 12.0 Å². The summed E-state index contributed by atoms with van der Waals surface area (Å²) in [6.45, 7) is 0.0962. The molecule has 23 heavy (non-hydrogen) atoms. The minimum absolute atomic E-state index is 0.0726. The fourth-order valence-corrected chi connectivity index (χ4v) is 2.06. The number of aromatic hydroxyl groups is 1. The lowest BCUT2D eigenvalue weighted by molar-refractivity contribution is -0.200. The summed E-state index contributed by atoms with van der Waals surface area (Å²) in [4.78, 5) is 28.0. The molecule has 0 aromatic heterocycles. The third-order valence-electron chi connectivity index (χ3n) is 3.28. The SMILES string of the molecule is O=CN(OCc1ccccc1)[C@@H](Cc1ccc(O)cc1)C(=O)O. The van der Waals surface area contributed by atoms with E-state index >= 15 is 0 Å². The zero-order valence-electron chi connectivity index (χ0n) is 12.3. The molecule has 1 amide bonds. The van der Waals surface area contributed by atoms with E-state index in [1.54, 1.807) is 12.1 Å². The number of hydroxylamine groups is 2. The van der Waals surface area contributed by atoms with Crippen LogP contribution in [-0.4, -0.2) is 33.7 Å². The Hall–Kier alpha value is -2.86. The molecule has 0 spiro atoms. The third-order valence-corrected chi connectivity index (χ3v) is 3.28. The topological polar surface area (TPSA) is 87.1 Å². The normalized spacial score (nSPS) is 11.7. The van der Waals surface area contributed by atoms with E-state index in [1.165, 1.54) is 12.1 Å². The molecule has 0 aliphatic heterocycles. The summed E-state index contributed by atoms with van der Waals surface area (Å²) in [6.07, 6.45) is 0.436. The third kappa shape index (κ3) is 4.82. The summed E-state index contributed by atoms with van der Waals surface area (Å²) >= 11 is 0. The molecule has 2 rings (SSSR count). The van der Waals surface area contributed by atoms with Gasteiger partial charge in [0.25, 0.3) is 0 Å². The van der Waals surface area contributed by atoms with Gasteiger partial charge in [0.15, 0.2) is 6.04 Å². The number of hydrogen-bond acceptors (Lipinski definition) is 4. The Bertz CT molecular complexity index is 642. The van der Waals surface area contributed by atoms with Crippen LogP contribution in [0, 0.1) is 0 Å². The molecule has 0 radical (unpaired) electrons. The zero-order chi connectivity index (χ0) is 16.7. The molecule has 0 unspecified atom stereocenters. The van der Waals surface area contributed by atoms with Crippen molar-refractivity contribution >= 4 is 12.4 Å². The molecule has 0 saturated carbocycles. The number of amides is 1. The van der Waals surface area contributed by atoms with Gasteiger partial charge in [-0.2, -0.15) is 0 Å². The average molecular weight is 315 g/mol. The lowest BCUT2D eigenvalue weighted by atomic mass is 10.1. The van der Waals surface area contributed by atoms with Crippen molar-refractivity contribution in [3.63, 3.8) is 0 Å². The van der Waals surface area contributed by atoms with Crippen LogP contribution in [0.2, 0.25) is 0 Å². The van der Waals surface area contributed by atoms with Gasteiger partial charge in [-0.05, 0) is 23.3 Å². The fraction of sp³-hybridized carbons (Fsp3) is 0.176. The lowest BCUT2D eigenvalue weighted by Crippen LogP contribution is -2.41. The maximum absolute atomic E-state index is 11.5. The molecule has 6 heteroatoms. The molecule has 0 saturated heterocycles. The maximum atomic E-state index is 11.5. The number of carbonyl (C=O) groups is 2. The van der Waals surface area contributed by atoms with E-state index in [2.05, 4.69) is 0 Å². The maximum Gasteiger partial charge on any atom is 0.329 e. The highest BCUT2D eigenvalue weighted by Gasteiger charge is 2.26. The predicted molar refractivity (Wildman–Crippen MR) is 82.4 cm³/mol. The van der Waals surface area contributed by atoms with Gasteiger partial charge in [-0.3, -0.25) is 9.63 Å². The Morgan fingerprint density at radius 3 is 2.30 bits per heavy atom. The Labute approximate surface area is 133 Å². The number of aliphatic carboxylic acids is 1. The zero-order valence-corrected chi connectivity index (χ0v) is 12.3. The van der Waals surface area contributed by atoms with Crippen molar-refractivity contribution in [2.75, 3.05) is 0 Å². The molecule has 0 aliphatic rings. The molecule has 1 atom stereocenters. The van der Waals surface area contributed by atoms with Gasteiger partial charge in [-0.1, -0.05) is 42.5 Å². The van der Waals surface area contributed by atoms with E-state index in [-0.39, 0.29) is 18.8 Å². The van der Waals surface area contributed by atoms with E-state index in [1.807, 2.05) is 30.3 Å². The second-order valence-corrected chi connectivity index (χ2v) is 4.95. The molecule has 6 nitrogen and oxygen atoms in total. The van der Waals surface area contributed by atoms with Crippen LogP contribution in [0.1, 0.15) is 11.1 Å². The van der Waals surface area contributed by atoms with Crippen molar-refractivity contribution in [3.05, 3.63) is 65.7 Å². The smallest absolute Gasteiger partial charge is 0.329 e. The highest BCUT2D eigenvalue weighted by Crippen LogP contribution is 2.14. The summed E-state index contributed by atoms with van der Waals surface area (Å²) in [5, 5.41) is 19.4. The molecule has 0 aliphatic carbocycles. The number of rotatable bonds is 8. The molecule has 2 aromatic carbocycles. The number of carbonyl (C=O) groups excluding carboxylic acids is 1. The van der Waals surface area contributed by atoms with Crippen molar-refractivity contribution in [1.82, 2.24) is 5.06 Å². The first-order valence-electron chi connectivity index (χ1n) is 7.01. The van der Waals surface area contributed by atoms with Crippen molar-refractivity contribution in [1.29, 1.82) is 0 Å².